The van der Waals surface area contributed by atoms with Crippen molar-refractivity contribution >= 4 is 5.82 Å². The maximum atomic E-state index is 13.0. The standard InChI is InChI=1S/C24H26F3N5O/c25-24(26,27)19-9-6-10-20(28-19)32-15-13-31(14-16-32)17-21-29-22(30-33-21)23(11-4-5-12-23)18-7-2-1-3-8-18/h1-3,6-10H,4-5,11-17H2. The summed E-state index contributed by atoms with van der Waals surface area (Å²) in [6, 6.07) is 14.4. The third kappa shape index (κ3) is 4.46. The Morgan fingerprint density at radius 3 is 2.30 bits per heavy atom. The predicted octanol–water partition coefficient (Wildman–Crippen LogP) is 4.67. The van der Waals surface area contributed by atoms with Crippen LogP contribution < -0.4 is 4.90 Å². The second-order valence-electron chi connectivity index (χ2n) is 8.81. The van der Waals surface area contributed by atoms with Crippen LogP contribution in [0, 0.1) is 0 Å². The molecule has 5 rings (SSSR count). The molecule has 33 heavy (non-hydrogen) atoms. The van der Waals surface area contributed by atoms with E-state index < -0.39 is 11.9 Å². The van der Waals surface area contributed by atoms with Gasteiger partial charge in [0.05, 0.1) is 12.0 Å². The number of rotatable bonds is 5. The molecular weight excluding hydrogens is 431 g/mol. The maximum Gasteiger partial charge on any atom is 0.433 e. The number of hydrogen-bond acceptors (Lipinski definition) is 6. The van der Waals surface area contributed by atoms with Crippen molar-refractivity contribution in [2.75, 3.05) is 31.1 Å². The van der Waals surface area contributed by atoms with Gasteiger partial charge in [-0.3, -0.25) is 4.90 Å². The van der Waals surface area contributed by atoms with Crippen LogP contribution in [0.4, 0.5) is 19.0 Å². The van der Waals surface area contributed by atoms with Crippen LogP contribution in [0.15, 0.2) is 53.1 Å². The van der Waals surface area contributed by atoms with Crippen molar-refractivity contribution in [3.05, 3.63) is 71.5 Å². The second kappa shape index (κ2) is 8.78. The SMILES string of the molecule is FC(F)(F)c1cccc(N2CCN(Cc3nc(C4(c5ccccc5)CCCC4)no3)CC2)n1. The first-order valence-electron chi connectivity index (χ1n) is 11.3. The van der Waals surface area contributed by atoms with Crippen LogP contribution in [0.1, 0.15) is 48.7 Å². The third-order valence-electron chi connectivity index (χ3n) is 6.76. The van der Waals surface area contributed by atoms with E-state index in [0.29, 0.717) is 44.4 Å². The average molecular weight is 458 g/mol. The van der Waals surface area contributed by atoms with Gasteiger partial charge in [0.2, 0.25) is 5.89 Å². The van der Waals surface area contributed by atoms with Crippen molar-refractivity contribution in [1.29, 1.82) is 0 Å². The van der Waals surface area contributed by atoms with Gasteiger partial charge >= 0.3 is 6.18 Å². The molecule has 1 saturated carbocycles. The Labute approximate surface area is 190 Å². The van der Waals surface area contributed by atoms with Crippen molar-refractivity contribution in [3.63, 3.8) is 0 Å². The van der Waals surface area contributed by atoms with E-state index in [1.54, 1.807) is 6.07 Å². The number of piperazine rings is 1. The highest BCUT2D eigenvalue weighted by atomic mass is 19.4. The van der Waals surface area contributed by atoms with E-state index >= 15 is 0 Å². The van der Waals surface area contributed by atoms with E-state index in [2.05, 4.69) is 39.3 Å². The summed E-state index contributed by atoms with van der Waals surface area (Å²) >= 11 is 0. The lowest BCUT2D eigenvalue weighted by atomic mass is 9.78. The first kappa shape index (κ1) is 21.9. The second-order valence-corrected chi connectivity index (χ2v) is 8.81. The van der Waals surface area contributed by atoms with Crippen LogP contribution in [0.5, 0.6) is 0 Å². The van der Waals surface area contributed by atoms with Crippen LogP contribution in [0.25, 0.3) is 0 Å². The Bertz CT molecular complexity index is 1070. The molecule has 1 aliphatic carbocycles. The summed E-state index contributed by atoms with van der Waals surface area (Å²) in [4.78, 5) is 12.7. The lowest BCUT2D eigenvalue weighted by Crippen LogP contribution is -2.46. The van der Waals surface area contributed by atoms with Crippen LogP contribution in [-0.2, 0) is 18.1 Å². The Morgan fingerprint density at radius 2 is 1.61 bits per heavy atom. The molecule has 174 valence electrons. The fourth-order valence-corrected chi connectivity index (χ4v) is 4.97. The van der Waals surface area contributed by atoms with E-state index in [0.717, 1.165) is 37.6 Å². The van der Waals surface area contributed by atoms with Gasteiger partial charge in [-0.2, -0.15) is 18.2 Å². The fraction of sp³-hybridized carbons (Fsp3) is 0.458. The molecule has 0 unspecified atom stereocenters. The van der Waals surface area contributed by atoms with Gasteiger partial charge in [-0.25, -0.2) is 4.98 Å². The van der Waals surface area contributed by atoms with E-state index in [1.165, 1.54) is 11.6 Å². The summed E-state index contributed by atoms with van der Waals surface area (Å²) in [7, 11) is 0. The average Bonchev–Trinajstić information content (AvgIpc) is 3.50. The van der Waals surface area contributed by atoms with Crippen LogP contribution in [0.3, 0.4) is 0 Å². The van der Waals surface area contributed by atoms with Crippen LogP contribution in [0.2, 0.25) is 0 Å². The zero-order valence-electron chi connectivity index (χ0n) is 18.3. The number of benzene rings is 1. The zero-order chi connectivity index (χ0) is 22.9. The Morgan fingerprint density at radius 1 is 0.879 bits per heavy atom. The minimum atomic E-state index is -4.44. The first-order valence-corrected chi connectivity index (χ1v) is 11.3. The van der Waals surface area contributed by atoms with Gasteiger partial charge in [0.25, 0.3) is 0 Å². The van der Waals surface area contributed by atoms with Crippen molar-refractivity contribution in [2.24, 2.45) is 0 Å². The summed E-state index contributed by atoms with van der Waals surface area (Å²) < 4.78 is 44.6. The minimum absolute atomic E-state index is 0.184. The van der Waals surface area contributed by atoms with E-state index in [4.69, 9.17) is 9.51 Å². The number of nitrogens with zero attached hydrogens (tertiary/aromatic N) is 5. The fourth-order valence-electron chi connectivity index (χ4n) is 4.97. The lowest BCUT2D eigenvalue weighted by Gasteiger charge is -2.34. The molecule has 1 saturated heterocycles. The molecule has 2 fully saturated rings. The topological polar surface area (TPSA) is 58.3 Å². The minimum Gasteiger partial charge on any atom is -0.354 e. The molecule has 3 heterocycles. The molecule has 1 aromatic carbocycles. The Kier molecular flexibility index (Phi) is 5.82. The number of pyridine rings is 1. The predicted molar refractivity (Wildman–Crippen MR) is 117 cm³/mol. The Balaban J connectivity index is 1.24. The smallest absolute Gasteiger partial charge is 0.354 e. The molecule has 6 nitrogen and oxygen atoms in total. The normalized spacial score (nSPS) is 19.2. The highest BCUT2D eigenvalue weighted by Crippen LogP contribution is 2.45. The van der Waals surface area contributed by atoms with Crippen LogP contribution >= 0.6 is 0 Å². The van der Waals surface area contributed by atoms with Gasteiger partial charge in [0.1, 0.15) is 11.5 Å². The van der Waals surface area contributed by atoms with Gasteiger partial charge in [-0.05, 0) is 30.5 Å². The molecule has 0 bridgehead atoms. The van der Waals surface area contributed by atoms with Crippen molar-refractivity contribution in [2.45, 2.75) is 43.8 Å². The summed E-state index contributed by atoms with van der Waals surface area (Å²) in [5.74, 6) is 1.70. The van der Waals surface area contributed by atoms with Gasteiger partial charge < -0.3 is 9.42 Å². The highest BCUT2D eigenvalue weighted by Gasteiger charge is 2.41. The molecule has 3 aromatic rings. The molecular formula is C24H26F3N5O. The Hall–Kier alpha value is -2.94. The molecule has 2 aliphatic rings. The maximum absolute atomic E-state index is 13.0. The van der Waals surface area contributed by atoms with Crippen molar-refractivity contribution in [1.82, 2.24) is 20.0 Å². The van der Waals surface area contributed by atoms with Gasteiger partial charge in [-0.15, -0.1) is 0 Å². The number of anilines is 1. The largest absolute Gasteiger partial charge is 0.433 e. The molecule has 2 aromatic heterocycles. The van der Waals surface area contributed by atoms with E-state index in [-0.39, 0.29) is 5.41 Å². The van der Waals surface area contributed by atoms with E-state index in [9.17, 15) is 13.2 Å². The molecule has 0 radical (unpaired) electrons. The molecule has 0 spiro atoms. The van der Waals surface area contributed by atoms with Gasteiger partial charge in [0.15, 0.2) is 5.82 Å². The molecule has 0 amide bonds. The zero-order valence-corrected chi connectivity index (χ0v) is 18.3. The van der Waals surface area contributed by atoms with Crippen molar-refractivity contribution in [3.8, 4) is 0 Å². The number of hydrogen-bond donors (Lipinski definition) is 0. The number of halogens is 3. The molecule has 9 heteroatoms. The summed E-state index contributed by atoms with van der Waals surface area (Å²) in [6.45, 7) is 3.06. The molecule has 1 aliphatic heterocycles. The quantitative estimate of drug-likeness (QED) is 0.555. The monoisotopic (exact) mass is 457 g/mol. The first-order chi connectivity index (χ1) is 15.9. The highest BCUT2D eigenvalue weighted by molar-refractivity contribution is 5.40. The van der Waals surface area contributed by atoms with Crippen LogP contribution in [-0.4, -0.2) is 46.2 Å². The molecule has 0 N–H and O–H groups in total. The van der Waals surface area contributed by atoms with Gasteiger partial charge in [-0.1, -0.05) is 54.4 Å². The number of aromatic nitrogens is 3. The summed E-state index contributed by atoms with van der Waals surface area (Å²) in [5.41, 5.74) is 0.189. The van der Waals surface area contributed by atoms with Crippen molar-refractivity contribution < 1.29 is 17.7 Å². The summed E-state index contributed by atoms with van der Waals surface area (Å²) in [6.07, 6.45) is -0.129. The van der Waals surface area contributed by atoms with E-state index in [1.807, 2.05) is 11.0 Å². The third-order valence-corrected chi connectivity index (χ3v) is 6.76. The molecule has 0 atom stereocenters. The summed E-state index contributed by atoms with van der Waals surface area (Å²) in [5, 5.41) is 4.37. The number of alkyl halides is 3. The lowest BCUT2D eigenvalue weighted by molar-refractivity contribution is -0.141. The van der Waals surface area contributed by atoms with Gasteiger partial charge in [0, 0.05) is 26.2 Å².